The van der Waals surface area contributed by atoms with Crippen LogP contribution in [-0.2, 0) is 0 Å². The zero-order valence-corrected chi connectivity index (χ0v) is 17.5. The third-order valence-corrected chi connectivity index (χ3v) is 4.86. The molecule has 0 amide bonds. The molecule has 0 rings (SSSR count). The van der Waals surface area contributed by atoms with E-state index < -0.39 is 0 Å². The highest BCUT2D eigenvalue weighted by Crippen LogP contribution is 2.17. The van der Waals surface area contributed by atoms with E-state index in [2.05, 4.69) is 43.0 Å². The van der Waals surface area contributed by atoms with Crippen LogP contribution in [0.5, 0.6) is 0 Å². The Bertz CT molecular complexity index is 317. The molecule has 26 heavy (non-hydrogen) atoms. The Hall–Kier alpha value is -1.12. The minimum absolute atomic E-state index is 0.395. The molecule has 0 radical (unpaired) electrons. The maximum absolute atomic E-state index is 3.93. The average molecular weight is 361 g/mol. The fourth-order valence-corrected chi connectivity index (χ4v) is 3.53. The summed E-state index contributed by atoms with van der Waals surface area (Å²) in [6.45, 7) is 21.6. The van der Waals surface area contributed by atoms with Gasteiger partial charge in [0.2, 0.25) is 0 Å². The predicted octanol–water partition coefficient (Wildman–Crippen LogP) is 6.58. The van der Waals surface area contributed by atoms with E-state index in [1.165, 1.54) is 64.2 Å². The highest BCUT2D eigenvalue weighted by Gasteiger charge is 2.21. The van der Waals surface area contributed by atoms with Gasteiger partial charge in [-0.3, -0.25) is 9.80 Å². The van der Waals surface area contributed by atoms with Crippen LogP contribution >= 0.6 is 0 Å². The Morgan fingerprint density at radius 1 is 0.577 bits per heavy atom. The lowest BCUT2D eigenvalue weighted by Crippen LogP contribution is -2.48. The molecular weight excluding hydrogens is 316 g/mol. The third-order valence-electron chi connectivity index (χ3n) is 4.86. The number of rotatable bonds is 20. The summed E-state index contributed by atoms with van der Waals surface area (Å²) < 4.78 is 0. The molecule has 0 aliphatic rings. The van der Waals surface area contributed by atoms with E-state index in [1.54, 1.807) is 0 Å². The van der Waals surface area contributed by atoms with Crippen LogP contribution in [0.4, 0.5) is 0 Å². The van der Waals surface area contributed by atoms with Crippen molar-refractivity contribution >= 4 is 0 Å². The van der Waals surface area contributed by atoms with E-state index in [4.69, 9.17) is 0 Å². The molecule has 0 saturated carbocycles. The third kappa shape index (κ3) is 12.3. The lowest BCUT2D eigenvalue weighted by Gasteiger charge is -2.38. The number of unbranched alkanes of at least 4 members (excludes halogenated alkanes) is 8. The van der Waals surface area contributed by atoms with Gasteiger partial charge in [0.15, 0.2) is 0 Å². The molecule has 0 aliphatic carbocycles. The number of hydrogen-bond acceptors (Lipinski definition) is 2. The highest BCUT2D eigenvalue weighted by atomic mass is 15.3. The summed E-state index contributed by atoms with van der Waals surface area (Å²) in [5.41, 5.74) is 0. The summed E-state index contributed by atoms with van der Waals surface area (Å²) >= 11 is 0. The first-order valence-corrected chi connectivity index (χ1v) is 10.7. The van der Waals surface area contributed by atoms with Gasteiger partial charge >= 0.3 is 0 Å². The van der Waals surface area contributed by atoms with Crippen LogP contribution in [-0.4, -0.2) is 42.1 Å². The van der Waals surface area contributed by atoms with Crippen LogP contribution in [0.15, 0.2) is 50.6 Å². The Labute approximate surface area is 164 Å². The minimum Gasteiger partial charge on any atom is -0.280 e. The van der Waals surface area contributed by atoms with Crippen LogP contribution in [0.1, 0.15) is 71.1 Å². The Morgan fingerprint density at radius 3 is 1.27 bits per heavy atom. The molecule has 0 aromatic rings. The van der Waals surface area contributed by atoms with E-state index in [9.17, 15) is 0 Å². The Morgan fingerprint density at radius 2 is 0.923 bits per heavy atom. The van der Waals surface area contributed by atoms with E-state index >= 15 is 0 Å². The number of hydrogen-bond donors (Lipinski definition) is 0. The van der Waals surface area contributed by atoms with Crippen molar-refractivity contribution in [2.45, 2.75) is 77.3 Å². The molecule has 0 spiro atoms. The maximum atomic E-state index is 3.93. The van der Waals surface area contributed by atoms with Crippen LogP contribution in [0, 0.1) is 0 Å². The van der Waals surface area contributed by atoms with Crippen molar-refractivity contribution in [1.82, 2.24) is 9.80 Å². The second-order valence-electron chi connectivity index (χ2n) is 7.16. The molecule has 0 saturated heterocycles. The van der Waals surface area contributed by atoms with E-state index in [1.807, 2.05) is 24.3 Å². The Kier molecular flexibility index (Phi) is 17.9. The quantitative estimate of drug-likeness (QED) is 0.137. The normalized spacial score (nSPS) is 11.2. The van der Waals surface area contributed by atoms with E-state index in [-0.39, 0.29) is 0 Å². The second-order valence-corrected chi connectivity index (χ2v) is 7.16. The molecule has 0 N–H and O–H groups in total. The molecular formula is C24H44N2. The van der Waals surface area contributed by atoms with Gasteiger partial charge in [-0.15, -0.1) is 26.3 Å². The summed E-state index contributed by atoms with van der Waals surface area (Å²) in [5.74, 6) is 0. The number of nitrogens with zero attached hydrogens (tertiary/aromatic N) is 2. The monoisotopic (exact) mass is 360 g/mol. The van der Waals surface area contributed by atoms with Gasteiger partial charge in [-0.05, 0) is 6.42 Å². The summed E-state index contributed by atoms with van der Waals surface area (Å²) in [6, 6.07) is 0. The molecule has 0 unspecified atom stereocenters. The summed E-state index contributed by atoms with van der Waals surface area (Å²) in [7, 11) is 0. The van der Waals surface area contributed by atoms with Crippen LogP contribution in [0.2, 0.25) is 0 Å². The molecule has 0 atom stereocenters. The standard InChI is InChI=1S/C24H44N2/c1-6-11-12-13-14-15-16-17-18-19-24(25(20-7-2)21-8-3)26(22-9-4)23-10-5/h7-10,24H,2-6,11-23H2,1H3. The van der Waals surface area contributed by atoms with Gasteiger partial charge in [-0.2, -0.15) is 0 Å². The van der Waals surface area contributed by atoms with E-state index in [0.29, 0.717) is 6.17 Å². The van der Waals surface area contributed by atoms with Gasteiger partial charge < -0.3 is 0 Å². The molecule has 0 aromatic carbocycles. The molecule has 0 heterocycles. The molecule has 150 valence electrons. The zero-order valence-electron chi connectivity index (χ0n) is 17.5. The van der Waals surface area contributed by atoms with Crippen LogP contribution in [0.25, 0.3) is 0 Å². The van der Waals surface area contributed by atoms with Gasteiger partial charge in [0.05, 0.1) is 6.17 Å². The Balaban J connectivity index is 4.45. The predicted molar refractivity (Wildman–Crippen MR) is 120 cm³/mol. The van der Waals surface area contributed by atoms with Crippen molar-refractivity contribution in [3.05, 3.63) is 50.6 Å². The van der Waals surface area contributed by atoms with Gasteiger partial charge in [-0.1, -0.05) is 89.0 Å². The lowest BCUT2D eigenvalue weighted by atomic mass is 10.0. The van der Waals surface area contributed by atoms with Crippen molar-refractivity contribution in [2.75, 3.05) is 26.2 Å². The van der Waals surface area contributed by atoms with Crippen molar-refractivity contribution in [3.63, 3.8) is 0 Å². The first-order valence-electron chi connectivity index (χ1n) is 10.7. The van der Waals surface area contributed by atoms with Crippen molar-refractivity contribution in [2.24, 2.45) is 0 Å². The van der Waals surface area contributed by atoms with Gasteiger partial charge in [0.25, 0.3) is 0 Å². The molecule has 2 heteroatoms. The van der Waals surface area contributed by atoms with Gasteiger partial charge in [-0.25, -0.2) is 0 Å². The fourth-order valence-electron chi connectivity index (χ4n) is 3.53. The summed E-state index contributed by atoms with van der Waals surface area (Å²) in [4.78, 5) is 4.91. The van der Waals surface area contributed by atoms with Crippen molar-refractivity contribution < 1.29 is 0 Å². The van der Waals surface area contributed by atoms with Gasteiger partial charge in [0, 0.05) is 26.2 Å². The van der Waals surface area contributed by atoms with E-state index in [0.717, 1.165) is 26.2 Å². The topological polar surface area (TPSA) is 6.48 Å². The molecule has 0 fully saturated rings. The molecule has 2 nitrogen and oxygen atoms in total. The zero-order chi connectivity index (χ0) is 19.5. The maximum Gasteiger partial charge on any atom is 0.0633 e. The molecule has 0 aliphatic heterocycles. The first-order chi connectivity index (χ1) is 12.7. The second kappa shape index (κ2) is 18.7. The SMILES string of the molecule is C=CCN(CC=C)C(CCCCCCCCCCC)N(CC=C)CC=C. The van der Waals surface area contributed by atoms with Crippen molar-refractivity contribution in [1.29, 1.82) is 0 Å². The molecule has 0 bridgehead atoms. The van der Waals surface area contributed by atoms with Crippen molar-refractivity contribution in [3.8, 4) is 0 Å². The van der Waals surface area contributed by atoms with Crippen LogP contribution in [0.3, 0.4) is 0 Å². The fraction of sp³-hybridized carbons (Fsp3) is 0.667. The summed E-state index contributed by atoms with van der Waals surface area (Å²) in [6.07, 6.45) is 21.9. The minimum atomic E-state index is 0.395. The highest BCUT2D eigenvalue weighted by molar-refractivity contribution is 4.89. The molecule has 0 aromatic heterocycles. The average Bonchev–Trinajstić information content (AvgIpc) is 2.63. The lowest BCUT2D eigenvalue weighted by molar-refractivity contribution is 0.0676. The summed E-state index contributed by atoms with van der Waals surface area (Å²) in [5, 5.41) is 0. The van der Waals surface area contributed by atoms with Gasteiger partial charge in [0.1, 0.15) is 0 Å². The largest absolute Gasteiger partial charge is 0.280 e. The smallest absolute Gasteiger partial charge is 0.0633 e. The van der Waals surface area contributed by atoms with Crippen LogP contribution < -0.4 is 0 Å². The first kappa shape index (κ1) is 24.9.